The van der Waals surface area contributed by atoms with Crippen LogP contribution >= 0.6 is 0 Å². The second-order valence-electron chi connectivity index (χ2n) is 6.97. The van der Waals surface area contributed by atoms with Gasteiger partial charge in [0.2, 0.25) is 0 Å². The quantitative estimate of drug-likeness (QED) is 0.591. The normalized spacial score (nSPS) is 35.3. The zero-order chi connectivity index (χ0) is 13.7. The second-order valence-corrected chi connectivity index (χ2v) is 6.97. The highest BCUT2D eigenvalue weighted by molar-refractivity contribution is 5.76. The zero-order valence-corrected chi connectivity index (χ0v) is 12.0. The van der Waals surface area contributed by atoms with Crippen molar-refractivity contribution in [3.63, 3.8) is 0 Å². The molecule has 102 valence electrons. The van der Waals surface area contributed by atoms with Crippen LogP contribution in [0.1, 0.15) is 40.0 Å². The standard InChI is InChI=1S/C17H22O2/c1-16(2)14-9-10-17(16,3)11-13(14)15(18)19-12-7-5-4-6-8-12/h4-8,13-14H,9-11H2,1-3H3. The highest BCUT2D eigenvalue weighted by Gasteiger charge is 2.62. The van der Waals surface area contributed by atoms with E-state index in [4.69, 9.17) is 4.74 Å². The number of carbonyl (C=O) groups is 1. The first-order valence-corrected chi connectivity index (χ1v) is 7.21. The van der Waals surface area contributed by atoms with Gasteiger partial charge in [-0.3, -0.25) is 4.79 Å². The molecule has 2 aliphatic rings. The van der Waals surface area contributed by atoms with Gasteiger partial charge in [-0.25, -0.2) is 0 Å². The Labute approximate surface area is 115 Å². The fourth-order valence-electron chi connectivity index (χ4n) is 4.23. The molecule has 3 atom stereocenters. The minimum atomic E-state index is -0.0345. The van der Waals surface area contributed by atoms with E-state index in [1.165, 1.54) is 6.42 Å². The van der Waals surface area contributed by atoms with E-state index in [1.807, 2.05) is 30.3 Å². The Morgan fingerprint density at radius 3 is 2.42 bits per heavy atom. The SMILES string of the molecule is CC12CCC(C(C(=O)Oc3ccccc3)C1)C2(C)C. The predicted molar refractivity (Wildman–Crippen MR) is 74.8 cm³/mol. The summed E-state index contributed by atoms with van der Waals surface area (Å²) in [6.45, 7) is 6.98. The summed E-state index contributed by atoms with van der Waals surface area (Å²) in [5, 5.41) is 0. The van der Waals surface area contributed by atoms with E-state index in [-0.39, 0.29) is 17.3 Å². The molecular weight excluding hydrogens is 236 g/mol. The van der Waals surface area contributed by atoms with Gasteiger partial charge in [0, 0.05) is 0 Å². The van der Waals surface area contributed by atoms with Gasteiger partial charge in [0.1, 0.15) is 5.75 Å². The van der Waals surface area contributed by atoms with Crippen LogP contribution in [0.15, 0.2) is 30.3 Å². The summed E-state index contributed by atoms with van der Waals surface area (Å²) in [6, 6.07) is 9.41. The summed E-state index contributed by atoms with van der Waals surface area (Å²) < 4.78 is 5.55. The van der Waals surface area contributed by atoms with E-state index in [2.05, 4.69) is 20.8 Å². The molecule has 3 rings (SSSR count). The van der Waals surface area contributed by atoms with Crippen LogP contribution in [0.25, 0.3) is 0 Å². The van der Waals surface area contributed by atoms with E-state index in [0.717, 1.165) is 12.8 Å². The molecule has 1 aromatic carbocycles. The second kappa shape index (κ2) is 4.09. The number of fused-ring (bicyclic) bond motifs is 2. The molecular formula is C17H22O2. The Morgan fingerprint density at radius 2 is 1.89 bits per heavy atom. The molecule has 2 saturated carbocycles. The van der Waals surface area contributed by atoms with Gasteiger partial charge in [-0.1, -0.05) is 39.0 Å². The number of esters is 1. The molecule has 0 heterocycles. The van der Waals surface area contributed by atoms with Gasteiger partial charge in [0.25, 0.3) is 0 Å². The van der Waals surface area contributed by atoms with Crippen molar-refractivity contribution < 1.29 is 9.53 Å². The van der Waals surface area contributed by atoms with Crippen molar-refractivity contribution in [2.45, 2.75) is 40.0 Å². The first-order valence-electron chi connectivity index (χ1n) is 7.21. The predicted octanol–water partition coefficient (Wildman–Crippen LogP) is 4.05. The van der Waals surface area contributed by atoms with Crippen molar-refractivity contribution in [1.82, 2.24) is 0 Å². The maximum Gasteiger partial charge on any atom is 0.314 e. The van der Waals surface area contributed by atoms with Gasteiger partial charge in [0.15, 0.2) is 0 Å². The third kappa shape index (κ3) is 1.80. The topological polar surface area (TPSA) is 26.3 Å². The molecule has 2 heteroatoms. The molecule has 0 radical (unpaired) electrons. The molecule has 0 amide bonds. The minimum absolute atomic E-state index is 0.0345. The smallest absolute Gasteiger partial charge is 0.314 e. The first-order chi connectivity index (χ1) is 8.94. The van der Waals surface area contributed by atoms with E-state index in [9.17, 15) is 4.79 Å². The number of carbonyl (C=O) groups excluding carboxylic acids is 1. The lowest BCUT2D eigenvalue weighted by molar-refractivity contribution is -0.141. The molecule has 2 aliphatic carbocycles. The molecule has 0 spiro atoms. The van der Waals surface area contributed by atoms with Crippen LogP contribution in [-0.4, -0.2) is 5.97 Å². The van der Waals surface area contributed by atoms with Gasteiger partial charge < -0.3 is 4.74 Å². The summed E-state index contributed by atoms with van der Waals surface area (Å²) in [5.74, 6) is 1.19. The van der Waals surface area contributed by atoms with Crippen LogP contribution in [0.3, 0.4) is 0 Å². The summed E-state index contributed by atoms with van der Waals surface area (Å²) in [5.41, 5.74) is 0.561. The van der Waals surface area contributed by atoms with Gasteiger partial charge in [-0.2, -0.15) is 0 Å². The third-order valence-corrected chi connectivity index (χ3v) is 5.91. The Morgan fingerprint density at radius 1 is 1.21 bits per heavy atom. The Balaban J connectivity index is 1.77. The lowest BCUT2D eigenvalue weighted by Gasteiger charge is -2.34. The number of hydrogen-bond acceptors (Lipinski definition) is 2. The molecule has 2 bridgehead atoms. The van der Waals surface area contributed by atoms with Crippen molar-refractivity contribution >= 4 is 5.97 Å². The molecule has 1 aromatic rings. The van der Waals surface area contributed by atoms with Gasteiger partial charge in [-0.15, -0.1) is 0 Å². The first kappa shape index (κ1) is 12.7. The van der Waals surface area contributed by atoms with Crippen molar-refractivity contribution in [1.29, 1.82) is 0 Å². The maximum absolute atomic E-state index is 12.4. The fraction of sp³-hybridized carbons (Fsp3) is 0.588. The molecule has 19 heavy (non-hydrogen) atoms. The van der Waals surface area contributed by atoms with Crippen LogP contribution < -0.4 is 4.74 Å². The molecule has 2 nitrogen and oxygen atoms in total. The van der Waals surface area contributed by atoms with Crippen LogP contribution in [0.4, 0.5) is 0 Å². The summed E-state index contributed by atoms with van der Waals surface area (Å²) in [6.07, 6.45) is 3.40. The number of hydrogen-bond donors (Lipinski definition) is 0. The summed E-state index contributed by atoms with van der Waals surface area (Å²) in [4.78, 5) is 12.4. The van der Waals surface area contributed by atoms with E-state index >= 15 is 0 Å². The molecule has 2 fully saturated rings. The van der Waals surface area contributed by atoms with Crippen LogP contribution in [-0.2, 0) is 4.79 Å². The minimum Gasteiger partial charge on any atom is -0.426 e. The van der Waals surface area contributed by atoms with E-state index < -0.39 is 0 Å². The highest BCUT2D eigenvalue weighted by Crippen LogP contribution is 2.67. The van der Waals surface area contributed by atoms with Crippen molar-refractivity contribution in [3.05, 3.63) is 30.3 Å². The summed E-state index contributed by atoms with van der Waals surface area (Å²) >= 11 is 0. The fourth-order valence-corrected chi connectivity index (χ4v) is 4.23. The van der Waals surface area contributed by atoms with Crippen LogP contribution in [0.2, 0.25) is 0 Å². The van der Waals surface area contributed by atoms with Crippen molar-refractivity contribution in [3.8, 4) is 5.75 Å². The van der Waals surface area contributed by atoms with Crippen LogP contribution in [0, 0.1) is 22.7 Å². The average molecular weight is 258 g/mol. The molecule has 0 saturated heterocycles. The van der Waals surface area contributed by atoms with E-state index in [0.29, 0.717) is 17.1 Å². The largest absolute Gasteiger partial charge is 0.426 e. The molecule has 3 unspecified atom stereocenters. The molecule has 0 N–H and O–H groups in total. The summed E-state index contributed by atoms with van der Waals surface area (Å²) in [7, 11) is 0. The highest BCUT2D eigenvalue weighted by atomic mass is 16.5. The lowest BCUT2D eigenvalue weighted by Crippen LogP contribution is -2.28. The Kier molecular flexibility index (Phi) is 2.74. The number of rotatable bonds is 2. The van der Waals surface area contributed by atoms with Gasteiger partial charge in [-0.05, 0) is 48.1 Å². The van der Waals surface area contributed by atoms with Crippen molar-refractivity contribution in [2.24, 2.45) is 22.7 Å². The van der Waals surface area contributed by atoms with Gasteiger partial charge in [0.05, 0.1) is 5.92 Å². The number of para-hydroxylation sites is 1. The third-order valence-electron chi connectivity index (χ3n) is 5.91. The van der Waals surface area contributed by atoms with Crippen molar-refractivity contribution in [2.75, 3.05) is 0 Å². The molecule has 0 aliphatic heterocycles. The molecule has 0 aromatic heterocycles. The monoisotopic (exact) mass is 258 g/mol. The Bertz CT molecular complexity index is 488. The lowest BCUT2D eigenvalue weighted by atomic mass is 9.71. The maximum atomic E-state index is 12.4. The average Bonchev–Trinajstić information content (AvgIpc) is 2.72. The van der Waals surface area contributed by atoms with E-state index in [1.54, 1.807) is 0 Å². The van der Waals surface area contributed by atoms with Crippen LogP contribution in [0.5, 0.6) is 5.75 Å². The number of benzene rings is 1. The number of ether oxygens (including phenoxy) is 1. The van der Waals surface area contributed by atoms with Gasteiger partial charge >= 0.3 is 5.97 Å². The Hall–Kier alpha value is -1.31. The zero-order valence-electron chi connectivity index (χ0n) is 12.0.